The Morgan fingerprint density at radius 2 is 2.11 bits per heavy atom. The number of halogens is 3. The first-order valence-electron chi connectivity index (χ1n) is 4.79. The van der Waals surface area contributed by atoms with Crippen molar-refractivity contribution in [1.29, 1.82) is 0 Å². The predicted molar refractivity (Wildman–Crippen MR) is 77.8 cm³/mol. The monoisotopic (exact) mass is 342 g/mol. The summed E-state index contributed by atoms with van der Waals surface area (Å²) in [6.45, 7) is 0. The van der Waals surface area contributed by atoms with Gasteiger partial charge in [-0.25, -0.2) is 4.79 Å². The van der Waals surface area contributed by atoms with Gasteiger partial charge in [-0.1, -0.05) is 46.9 Å². The number of methoxy groups -OCH3 is 1. The molecule has 104 valence electrons. The summed E-state index contributed by atoms with van der Waals surface area (Å²) in [6, 6.07) is 6.44. The van der Waals surface area contributed by atoms with Crippen molar-refractivity contribution in [1.82, 2.24) is 4.41 Å². The number of carbonyl (C=O) groups is 1. The first-order valence-corrected chi connectivity index (χ1v) is 6.70. The molecular formula is C10H9Cl3N2O3S. The van der Waals surface area contributed by atoms with Gasteiger partial charge < -0.3 is 9.84 Å². The number of hydrogen-bond donors (Lipinski definition) is 1. The van der Waals surface area contributed by atoms with Crippen LogP contribution in [0.4, 0.5) is 4.79 Å². The number of carbonyl (C=O) groups excluding carboxylic acids is 1. The molecule has 1 amide bonds. The van der Waals surface area contributed by atoms with Gasteiger partial charge in [-0.05, 0) is 12.1 Å². The maximum atomic E-state index is 11.4. The van der Waals surface area contributed by atoms with E-state index in [0.29, 0.717) is 17.5 Å². The molecule has 0 saturated carbocycles. The quantitative estimate of drug-likeness (QED) is 0.393. The molecule has 0 aromatic heterocycles. The van der Waals surface area contributed by atoms with E-state index in [1.165, 1.54) is 19.4 Å². The maximum absolute atomic E-state index is 11.4. The van der Waals surface area contributed by atoms with Gasteiger partial charge >= 0.3 is 6.09 Å². The highest BCUT2D eigenvalue weighted by atomic mass is 35.6. The number of para-hydroxylation sites is 1. The van der Waals surface area contributed by atoms with Crippen molar-refractivity contribution in [3.05, 3.63) is 29.8 Å². The van der Waals surface area contributed by atoms with Gasteiger partial charge in [0.05, 0.1) is 13.3 Å². The van der Waals surface area contributed by atoms with Gasteiger partial charge in [-0.2, -0.15) is 5.10 Å². The molecule has 5 nitrogen and oxygen atoms in total. The Morgan fingerprint density at radius 1 is 1.47 bits per heavy atom. The minimum absolute atomic E-state index is 0.00921. The zero-order chi connectivity index (χ0) is 14.5. The molecule has 0 radical (unpaired) electrons. The number of rotatable bonds is 3. The summed E-state index contributed by atoms with van der Waals surface area (Å²) in [5.74, 6) is 0.00921. The van der Waals surface area contributed by atoms with Crippen molar-refractivity contribution in [3.63, 3.8) is 0 Å². The number of nitrogens with zero attached hydrogens (tertiary/aromatic N) is 2. The number of ether oxygens (including phenoxy) is 1. The number of hydrazone groups is 1. The van der Waals surface area contributed by atoms with Gasteiger partial charge in [0.25, 0.3) is 3.12 Å². The highest BCUT2D eigenvalue weighted by molar-refractivity contribution is 8.03. The van der Waals surface area contributed by atoms with Crippen LogP contribution >= 0.6 is 46.8 Å². The molecule has 0 fully saturated rings. The Bertz CT molecular complexity index is 479. The maximum Gasteiger partial charge on any atom is 0.440 e. The van der Waals surface area contributed by atoms with E-state index in [-0.39, 0.29) is 5.75 Å². The second-order valence-electron chi connectivity index (χ2n) is 3.08. The first-order chi connectivity index (χ1) is 8.83. The van der Waals surface area contributed by atoms with Crippen molar-refractivity contribution < 1.29 is 14.6 Å². The third kappa shape index (κ3) is 5.78. The van der Waals surface area contributed by atoms with E-state index in [4.69, 9.17) is 34.8 Å². The highest BCUT2D eigenvalue weighted by Crippen LogP contribution is 2.41. The number of phenolic OH excluding ortho intramolecular Hbond substituents is 1. The molecule has 1 aromatic rings. The number of aromatic hydroxyl groups is 1. The fraction of sp³-hybridized carbons (Fsp3) is 0.200. The summed E-state index contributed by atoms with van der Waals surface area (Å²) in [6.07, 6.45) is 0.429. The zero-order valence-corrected chi connectivity index (χ0v) is 12.7. The topological polar surface area (TPSA) is 62.1 Å². The Hall–Kier alpha value is -0.820. The Kier molecular flexibility index (Phi) is 6.06. The molecule has 0 spiro atoms. The SMILES string of the molecule is COC(=O)N(N=Cc1ccccc1O)SC(Cl)(Cl)Cl. The van der Waals surface area contributed by atoms with Crippen molar-refractivity contribution in [2.45, 2.75) is 3.12 Å². The highest BCUT2D eigenvalue weighted by Gasteiger charge is 2.29. The van der Waals surface area contributed by atoms with Crippen LogP contribution in [-0.2, 0) is 4.74 Å². The Morgan fingerprint density at radius 3 is 2.63 bits per heavy atom. The fourth-order valence-corrected chi connectivity index (χ4v) is 2.02. The van der Waals surface area contributed by atoms with Crippen LogP contribution in [0.25, 0.3) is 0 Å². The second kappa shape index (κ2) is 7.09. The van der Waals surface area contributed by atoms with Crippen LogP contribution in [0, 0.1) is 0 Å². The minimum atomic E-state index is -1.77. The molecule has 0 atom stereocenters. The van der Waals surface area contributed by atoms with Crippen LogP contribution in [0.3, 0.4) is 0 Å². The fourth-order valence-electron chi connectivity index (χ4n) is 0.995. The predicted octanol–water partition coefficient (Wildman–Crippen LogP) is 3.77. The number of benzene rings is 1. The number of phenols is 1. The van der Waals surface area contributed by atoms with E-state index in [9.17, 15) is 9.90 Å². The smallest absolute Gasteiger partial charge is 0.440 e. The average Bonchev–Trinajstić information content (AvgIpc) is 2.34. The van der Waals surface area contributed by atoms with Gasteiger partial charge in [0, 0.05) is 17.5 Å². The zero-order valence-electron chi connectivity index (χ0n) is 9.59. The molecule has 9 heteroatoms. The van der Waals surface area contributed by atoms with Crippen LogP contribution in [0.1, 0.15) is 5.56 Å². The molecule has 0 bridgehead atoms. The molecule has 0 aliphatic rings. The summed E-state index contributed by atoms with van der Waals surface area (Å²) >= 11 is 17.2. The van der Waals surface area contributed by atoms with Gasteiger partial charge in [0.15, 0.2) is 0 Å². The van der Waals surface area contributed by atoms with Crippen LogP contribution in [0.5, 0.6) is 5.75 Å². The Balaban J connectivity index is 2.89. The van der Waals surface area contributed by atoms with Crippen LogP contribution in [-0.4, -0.2) is 32.1 Å². The standard InChI is InChI=1S/C10H9Cl3N2O3S/c1-18-9(17)15(19-10(11,12)13)14-6-7-4-2-3-5-8(7)16/h2-6,16H,1H3. The van der Waals surface area contributed by atoms with Crippen molar-refractivity contribution in [2.75, 3.05) is 7.11 Å². The van der Waals surface area contributed by atoms with Crippen LogP contribution in [0.15, 0.2) is 29.4 Å². The van der Waals surface area contributed by atoms with Gasteiger partial charge in [-0.3, -0.25) is 0 Å². The van der Waals surface area contributed by atoms with Gasteiger partial charge in [0.1, 0.15) is 5.75 Å². The molecule has 0 aliphatic carbocycles. The number of hydrogen-bond acceptors (Lipinski definition) is 5. The first kappa shape index (κ1) is 16.2. The molecule has 0 heterocycles. The molecule has 1 N–H and O–H groups in total. The third-order valence-electron chi connectivity index (χ3n) is 1.76. The van der Waals surface area contributed by atoms with Gasteiger partial charge in [-0.15, -0.1) is 4.41 Å². The number of amides is 1. The summed E-state index contributed by atoms with van der Waals surface area (Å²) in [4.78, 5) is 11.4. The van der Waals surface area contributed by atoms with E-state index in [0.717, 1.165) is 4.41 Å². The molecule has 0 saturated heterocycles. The Labute approximate surface area is 129 Å². The van der Waals surface area contributed by atoms with E-state index in [1.54, 1.807) is 18.2 Å². The minimum Gasteiger partial charge on any atom is -0.507 e. The summed E-state index contributed by atoms with van der Waals surface area (Å²) < 4.78 is 3.48. The lowest BCUT2D eigenvalue weighted by atomic mass is 10.2. The third-order valence-corrected chi connectivity index (χ3v) is 3.00. The number of alkyl halides is 3. The largest absolute Gasteiger partial charge is 0.507 e. The summed E-state index contributed by atoms with van der Waals surface area (Å²) in [5.41, 5.74) is 0.404. The van der Waals surface area contributed by atoms with Crippen molar-refractivity contribution >= 4 is 59.1 Å². The van der Waals surface area contributed by atoms with Crippen molar-refractivity contribution in [2.24, 2.45) is 5.10 Å². The molecule has 1 rings (SSSR count). The van der Waals surface area contributed by atoms with E-state index in [2.05, 4.69) is 9.84 Å². The lowest BCUT2D eigenvalue weighted by Crippen LogP contribution is -2.22. The summed E-state index contributed by atoms with van der Waals surface area (Å²) in [7, 11) is 1.17. The molecule has 19 heavy (non-hydrogen) atoms. The van der Waals surface area contributed by atoms with Crippen molar-refractivity contribution in [3.8, 4) is 5.75 Å². The van der Waals surface area contributed by atoms with Gasteiger partial charge in [0.2, 0.25) is 0 Å². The lowest BCUT2D eigenvalue weighted by molar-refractivity contribution is 0.153. The van der Waals surface area contributed by atoms with E-state index >= 15 is 0 Å². The van der Waals surface area contributed by atoms with Crippen LogP contribution < -0.4 is 0 Å². The van der Waals surface area contributed by atoms with E-state index < -0.39 is 9.22 Å². The average molecular weight is 344 g/mol. The lowest BCUT2D eigenvalue weighted by Gasteiger charge is -2.18. The summed E-state index contributed by atoms with van der Waals surface area (Å²) in [5, 5.41) is 13.3. The van der Waals surface area contributed by atoms with Crippen LogP contribution in [0.2, 0.25) is 0 Å². The molecule has 0 aliphatic heterocycles. The molecule has 1 aromatic carbocycles. The normalized spacial score (nSPS) is 11.6. The van der Waals surface area contributed by atoms with E-state index in [1.807, 2.05) is 0 Å². The second-order valence-corrected chi connectivity index (χ2v) is 7.18. The molecular weight excluding hydrogens is 335 g/mol. The molecule has 0 unspecified atom stereocenters.